The first kappa shape index (κ1) is 18.2. The van der Waals surface area contributed by atoms with Crippen molar-refractivity contribution in [3.8, 4) is 11.8 Å². The van der Waals surface area contributed by atoms with Crippen LogP contribution in [0.3, 0.4) is 0 Å². The monoisotopic (exact) mass is 280 g/mol. The molecule has 112 valence electrons. The number of hydrogen-bond donors (Lipinski definition) is 0. The number of hydrogen-bond acceptors (Lipinski definition) is 4. The Labute approximate surface area is 121 Å². The summed E-state index contributed by atoms with van der Waals surface area (Å²) in [5.41, 5.74) is 0. The SMILES string of the molecule is CC#CC(CC)OC(=O)/C=C/C(=O)OCC(CC)CC. The summed E-state index contributed by atoms with van der Waals surface area (Å²) in [6.45, 7) is 8.03. The van der Waals surface area contributed by atoms with E-state index >= 15 is 0 Å². The minimum atomic E-state index is -0.584. The van der Waals surface area contributed by atoms with E-state index in [1.165, 1.54) is 0 Å². The zero-order chi connectivity index (χ0) is 15.4. The van der Waals surface area contributed by atoms with Crippen LogP contribution in [0.25, 0.3) is 0 Å². The van der Waals surface area contributed by atoms with E-state index in [9.17, 15) is 9.59 Å². The number of carbonyl (C=O) groups excluding carboxylic acids is 2. The molecule has 0 aromatic rings. The second-order valence-corrected chi connectivity index (χ2v) is 4.37. The van der Waals surface area contributed by atoms with Crippen molar-refractivity contribution in [2.75, 3.05) is 6.61 Å². The van der Waals surface area contributed by atoms with Gasteiger partial charge in [0.05, 0.1) is 6.61 Å². The van der Waals surface area contributed by atoms with Gasteiger partial charge in [0.25, 0.3) is 0 Å². The lowest BCUT2D eigenvalue weighted by atomic mass is 10.1. The minimum Gasteiger partial charge on any atom is -0.462 e. The van der Waals surface area contributed by atoms with Gasteiger partial charge in [-0.2, -0.15) is 0 Å². The van der Waals surface area contributed by atoms with Crippen molar-refractivity contribution in [3.05, 3.63) is 12.2 Å². The van der Waals surface area contributed by atoms with Crippen LogP contribution in [0.2, 0.25) is 0 Å². The summed E-state index contributed by atoms with van der Waals surface area (Å²) < 4.78 is 10.1. The third kappa shape index (κ3) is 8.36. The van der Waals surface area contributed by atoms with Gasteiger partial charge in [-0.15, -0.1) is 5.92 Å². The van der Waals surface area contributed by atoms with Crippen LogP contribution in [0.4, 0.5) is 0 Å². The highest BCUT2D eigenvalue weighted by molar-refractivity contribution is 5.91. The molecule has 4 heteroatoms. The van der Waals surface area contributed by atoms with E-state index in [1.54, 1.807) is 6.92 Å². The maximum atomic E-state index is 11.5. The topological polar surface area (TPSA) is 52.6 Å². The molecule has 0 rings (SSSR count). The van der Waals surface area contributed by atoms with Crippen LogP contribution >= 0.6 is 0 Å². The first-order chi connectivity index (χ1) is 9.57. The molecule has 0 amide bonds. The van der Waals surface area contributed by atoms with Crippen LogP contribution in [0, 0.1) is 17.8 Å². The van der Waals surface area contributed by atoms with Gasteiger partial charge < -0.3 is 9.47 Å². The smallest absolute Gasteiger partial charge is 0.332 e. The summed E-state index contributed by atoms with van der Waals surface area (Å²) in [5, 5.41) is 0. The van der Waals surface area contributed by atoms with E-state index in [1.807, 2.05) is 6.92 Å². The molecule has 4 nitrogen and oxygen atoms in total. The first-order valence-corrected chi connectivity index (χ1v) is 7.04. The maximum absolute atomic E-state index is 11.5. The Hall–Kier alpha value is -1.76. The molecular formula is C16H24O4. The van der Waals surface area contributed by atoms with Crippen molar-refractivity contribution >= 4 is 11.9 Å². The Morgan fingerprint density at radius 1 is 1.05 bits per heavy atom. The third-order valence-electron chi connectivity index (χ3n) is 2.91. The van der Waals surface area contributed by atoms with Crippen LogP contribution in [0.1, 0.15) is 47.0 Å². The van der Waals surface area contributed by atoms with E-state index in [2.05, 4.69) is 25.7 Å². The van der Waals surface area contributed by atoms with Crippen molar-refractivity contribution in [1.82, 2.24) is 0 Å². The van der Waals surface area contributed by atoms with E-state index in [-0.39, 0.29) is 0 Å². The molecule has 0 aromatic carbocycles. The fourth-order valence-electron chi connectivity index (χ4n) is 1.46. The summed E-state index contributed by atoms with van der Waals surface area (Å²) in [4.78, 5) is 22.9. The number of rotatable bonds is 8. The van der Waals surface area contributed by atoms with Gasteiger partial charge in [0.2, 0.25) is 0 Å². The second-order valence-electron chi connectivity index (χ2n) is 4.37. The van der Waals surface area contributed by atoms with E-state index in [4.69, 9.17) is 9.47 Å². The predicted molar refractivity (Wildman–Crippen MR) is 77.8 cm³/mol. The predicted octanol–water partition coefficient (Wildman–Crippen LogP) is 2.87. The van der Waals surface area contributed by atoms with Crippen LogP contribution in [0.5, 0.6) is 0 Å². The van der Waals surface area contributed by atoms with Crippen molar-refractivity contribution in [1.29, 1.82) is 0 Å². The molecular weight excluding hydrogens is 256 g/mol. The molecule has 0 N–H and O–H groups in total. The average molecular weight is 280 g/mol. The average Bonchev–Trinajstić information content (AvgIpc) is 2.45. The highest BCUT2D eigenvalue weighted by atomic mass is 16.5. The molecule has 0 aromatic heterocycles. The molecule has 0 spiro atoms. The highest BCUT2D eigenvalue weighted by Crippen LogP contribution is 2.07. The van der Waals surface area contributed by atoms with Crippen molar-refractivity contribution < 1.29 is 19.1 Å². The zero-order valence-corrected chi connectivity index (χ0v) is 12.8. The lowest BCUT2D eigenvalue weighted by Crippen LogP contribution is -2.15. The molecule has 1 atom stereocenters. The Bertz CT molecular complexity index is 383. The Morgan fingerprint density at radius 3 is 2.15 bits per heavy atom. The Kier molecular flexibility index (Phi) is 10.1. The first-order valence-electron chi connectivity index (χ1n) is 7.04. The summed E-state index contributed by atoms with van der Waals surface area (Å²) >= 11 is 0. The summed E-state index contributed by atoms with van der Waals surface area (Å²) in [7, 11) is 0. The minimum absolute atomic E-state index is 0.364. The maximum Gasteiger partial charge on any atom is 0.332 e. The van der Waals surface area contributed by atoms with Gasteiger partial charge in [0.1, 0.15) is 0 Å². The van der Waals surface area contributed by atoms with E-state index in [0.717, 1.165) is 25.0 Å². The Balaban J connectivity index is 4.16. The number of ether oxygens (including phenoxy) is 2. The quantitative estimate of drug-likeness (QED) is 0.390. The lowest BCUT2D eigenvalue weighted by Gasteiger charge is -2.11. The molecule has 1 unspecified atom stereocenters. The fourth-order valence-corrected chi connectivity index (χ4v) is 1.46. The van der Waals surface area contributed by atoms with Gasteiger partial charge in [-0.3, -0.25) is 0 Å². The number of esters is 2. The van der Waals surface area contributed by atoms with Gasteiger partial charge in [-0.1, -0.05) is 39.5 Å². The van der Waals surface area contributed by atoms with E-state index < -0.39 is 18.0 Å². The molecule has 0 heterocycles. The summed E-state index contributed by atoms with van der Waals surface area (Å²) in [5.74, 6) is 4.71. The molecule has 0 radical (unpaired) electrons. The molecule has 0 bridgehead atoms. The third-order valence-corrected chi connectivity index (χ3v) is 2.91. The lowest BCUT2D eigenvalue weighted by molar-refractivity contribution is -0.142. The van der Waals surface area contributed by atoms with Gasteiger partial charge in [-0.05, 0) is 19.3 Å². The van der Waals surface area contributed by atoms with Gasteiger partial charge in [-0.25, -0.2) is 9.59 Å². The summed E-state index contributed by atoms with van der Waals surface area (Å²) in [6.07, 6.45) is 4.27. The normalized spacial score (nSPS) is 11.8. The molecule has 0 aliphatic carbocycles. The standard InChI is InChI=1S/C16H24O4/c1-5-9-14(8-4)20-16(18)11-10-15(17)19-12-13(6-2)7-3/h10-11,13-14H,6-8,12H2,1-4H3/b11-10+. The largest absolute Gasteiger partial charge is 0.462 e. The van der Waals surface area contributed by atoms with Crippen LogP contribution in [-0.2, 0) is 19.1 Å². The van der Waals surface area contributed by atoms with Gasteiger partial charge >= 0.3 is 11.9 Å². The molecule has 0 saturated carbocycles. The fraction of sp³-hybridized carbons (Fsp3) is 0.625. The Morgan fingerprint density at radius 2 is 1.65 bits per heavy atom. The van der Waals surface area contributed by atoms with Crippen molar-refractivity contribution in [2.45, 2.75) is 53.1 Å². The zero-order valence-electron chi connectivity index (χ0n) is 12.8. The van der Waals surface area contributed by atoms with Crippen molar-refractivity contribution in [3.63, 3.8) is 0 Å². The molecule has 0 aliphatic rings. The van der Waals surface area contributed by atoms with Gasteiger partial charge in [0.15, 0.2) is 6.10 Å². The molecule has 0 fully saturated rings. The summed E-state index contributed by atoms with van der Waals surface area (Å²) in [6, 6.07) is 0. The molecule has 20 heavy (non-hydrogen) atoms. The van der Waals surface area contributed by atoms with Crippen LogP contribution in [-0.4, -0.2) is 24.6 Å². The molecule has 0 aliphatic heterocycles. The number of carbonyl (C=O) groups is 2. The van der Waals surface area contributed by atoms with E-state index in [0.29, 0.717) is 18.9 Å². The second kappa shape index (κ2) is 11.1. The van der Waals surface area contributed by atoms with Gasteiger partial charge in [0, 0.05) is 12.2 Å². The van der Waals surface area contributed by atoms with Crippen LogP contribution in [0.15, 0.2) is 12.2 Å². The van der Waals surface area contributed by atoms with Crippen molar-refractivity contribution in [2.24, 2.45) is 5.92 Å². The van der Waals surface area contributed by atoms with Crippen LogP contribution < -0.4 is 0 Å². The molecule has 0 saturated heterocycles. The highest BCUT2D eigenvalue weighted by Gasteiger charge is 2.09.